The molecule has 7 heteroatoms. The van der Waals surface area contributed by atoms with Gasteiger partial charge in [0.15, 0.2) is 12.4 Å². The summed E-state index contributed by atoms with van der Waals surface area (Å²) in [5.41, 5.74) is 4.60. The molecule has 160 valence electrons. The maximum atomic E-state index is 12.4. The second-order valence-electron chi connectivity index (χ2n) is 8.11. The van der Waals surface area contributed by atoms with Gasteiger partial charge in [-0.15, -0.1) is 0 Å². The molecule has 1 fully saturated rings. The van der Waals surface area contributed by atoms with Gasteiger partial charge in [0.25, 0.3) is 5.91 Å². The van der Waals surface area contributed by atoms with Gasteiger partial charge < -0.3 is 15.6 Å². The van der Waals surface area contributed by atoms with E-state index in [9.17, 15) is 9.59 Å². The molecule has 1 aliphatic rings. The van der Waals surface area contributed by atoms with Crippen molar-refractivity contribution in [3.63, 3.8) is 0 Å². The number of nitrogens with one attached hydrogen (secondary N) is 4. The number of rotatable bonds is 5. The van der Waals surface area contributed by atoms with E-state index in [-0.39, 0.29) is 17.7 Å². The summed E-state index contributed by atoms with van der Waals surface area (Å²) in [6, 6.07) is 16.8. The first-order valence-corrected chi connectivity index (χ1v) is 10.8. The van der Waals surface area contributed by atoms with Crippen LogP contribution >= 0.6 is 0 Å². The number of hydrogen-bond acceptors (Lipinski definition) is 3. The lowest BCUT2D eigenvalue weighted by molar-refractivity contribution is -0.378. The Morgan fingerprint density at radius 1 is 0.969 bits per heavy atom. The molecule has 2 aromatic heterocycles. The monoisotopic (exact) mass is 426 g/mol. The first kappa shape index (κ1) is 19.9. The van der Waals surface area contributed by atoms with Gasteiger partial charge in [0, 0.05) is 28.9 Å². The molecule has 1 aliphatic carbocycles. The minimum absolute atomic E-state index is 0.113. The molecule has 2 amide bonds. The van der Waals surface area contributed by atoms with Gasteiger partial charge in [0.2, 0.25) is 5.91 Å². The van der Waals surface area contributed by atoms with Gasteiger partial charge >= 0.3 is 0 Å². The Morgan fingerprint density at radius 2 is 1.75 bits per heavy atom. The summed E-state index contributed by atoms with van der Waals surface area (Å²) in [5, 5.41) is 5.92. The molecular weight excluding hydrogens is 402 g/mol. The largest absolute Gasteiger partial charge is 0.338 e. The fourth-order valence-electron chi connectivity index (χ4n) is 4.11. The molecule has 4 N–H and O–H groups in total. The molecule has 7 nitrogen and oxygen atoms in total. The molecule has 2 heterocycles. The summed E-state index contributed by atoms with van der Waals surface area (Å²) < 4.78 is 0. The Morgan fingerprint density at radius 3 is 2.50 bits per heavy atom. The highest BCUT2D eigenvalue weighted by molar-refractivity contribution is 6.04. The van der Waals surface area contributed by atoms with Gasteiger partial charge in [0.1, 0.15) is 11.4 Å². The predicted octanol–water partition coefficient (Wildman–Crippen LogP) is 4.43. The number of fused-ring (bicyclic) bond motifs is 1. The molecule has 0 spiro atoms. The van der Waals surface area contributed by atoms with E-state index in [0.717, 1.165) is 53.8 Å². The van der Waals surface area contributed by atoms with E-state index in [1.54, 1.807) is 24.5 Å². The number of anilines is 2. The molecular formula is C25H24N5O2+. The molecule has 0 saturated heterocycles. The fraction of sp³-hybridized carbons (Fsp3) is 0.200. The zero-order chi connectivity index (χ0) is 21.9. The zero-order valence-electron chi connectivity index (χ0n) is 17.5. The van der Waals surface area contributed by atoms with Crippen LogP contribution in [0.25, 0.3) is 22.4 Å². The van der Waals surface area contributed by atoms with Crippen LogP contribution in [0.2, 0.25) is 0 Å². The maximum Gasteiger partial charge on any atom is 0.261 e. The Hall–Kier alpha value is -4.00. The number of hydrogen-bond donors (Lipinski definition) is 3. The van der Waals surface area contributed by atoms with Crippen LogP contribution in [0.4, 0.5) is 11.4 Å². The predicted molar refractivity (Wildman–Crippen MR) is 123 cm³/mol. The highest BCUT2D eigenvalue weighted by Crippen LogP contribution is 2.27. The van der Waals surface area contributed by atoms with E-state index < -0.39 is 0 Å². The molecule has 4 aromatic rings. The van der Waals surface area contributed by atoms with Crippen LogP contribution in [-0.2, 0) is 4.79 Å². The molecule has 0 unspecified atom stereocenters. The Kier molecular flexibility index (Phi) is 5.37. The van der Waals surface area contributed by atoms with E-state index >= 15 is 0 Å². The van der Waals surface area contributed by atoms with E-state index in [1.165, 1.54) is 0 Å². The molecule has 2 aromatic carbocycles. The van der Waals surface area contributed by atoms with Crippen LogP contribution in [0.5, 0.6) is 0 Å². The van der Waals surface area contributed by atoms with Gasteiger partial charge in [-0.2, -0.15) is 0 Å². The summed E-state index contributed by atoms with van der Waals surface area (Å²) in [7, 11) is 0. The summed E-state index contributed by atoms with van der Waals surface area (Å²) in [6.07, 6.45) is 7.65. The average molecular weight is 427 g/mol. The molecule has 0 atom stereocenters. The van der Waals surface area contributed by atoms with Gasteiger partial charge in [-0.25, -0.2) is 9.97 Å². The third-order valence-corrected chi connectivity index (χ3v) is 5.86. The quantitative estimate of drug-likeness (QED) is 0.440. The number of amides is 2. The normalized spacial score (nSPS) is 13.9. The lowest BCUT2D eigenvalue weighted by Crippen LogP contribution is -2.20. The Balaban J connectivity index is 1.30. The lowest BCUT2D eigenvalue weighted by atomic mass is 10.1. The van der Waals surface area contributed by atoms with Crippen LogP contribution in [0.15, 0.2) is 67.0 Å². The first-order valence-electron chi connectivity index (χ1n) is 10.8. The SMILES string of the molecule is O=C(Nc1ccc2nc(-c3ccc(NC(=O)C4CCCC4)cc3)[nH]c2c1)c1ccc[nH+]c1. The van der Waals surface area contributed by atoms with Crippen molar-refractivity contribution in [1.29, 1.82) is 0 Å². The number of nitrogens with zero attached hydrogens (tertiary/aromatic N) is 1. The number of aromatic amines is 2. The Bertz CT molecular complexity index is 1260. The highest BCUT2D eigenvalue weighted by atomic mass is 16.2. The molecule has 32 heavy (non-hydrogen) atoms. The van der Waals surface area contributed by atoms with E-state index in [2.05, 4.69) is 25.6 Å². The van der Waals surface area contributed by atoms with Crippen molar-refractivity contribution in [2.24, 2.45) is 5.92 Å². The van der Waals surface area contributed by atoms with Gasteiger partial charge in [-0.3, -0.25) is 9.59 Å². The average Bonchev–Trinajstić information content (AvgIpc) is 3.50. The molecule has 0 aliphatic heterocycles. The summed E-state index contributed by atoms with van der Waals surface area (Å²) in [4.78, 5) is 35.6. The van der Waals surface area contributed by atoms with Crippen molar-refractivity contribution in [2.75, 3.05) is 10.6 Å². The van der Waals surface area contributed by atoms with Gasteiger partial charge in [0.05, 0.1) is 11.0 Å². The second-order valence-corrected chi connectivity index (χ2v) is 8.11. The van der Waals surface area contributed by atoms with Crippen molar-refractivity contribution in [3.05, 3.63) is 72.6 Å². The second kappa shape index (κ2) is 8.63. The number of aromatic nitrogens is 3. The number of benzene rings is 2. The molecule has 0 radical (unpaired) electrons. The maximum absolute atomic E-state index is 12.4. The first-order chi connectivity index (χ1) is 15.7. The summed E-state index contributed by atoms with van der Waals surface area (Å²) in [6.45, 7) is 0. The van der Waals surface area contributed by atoms with Crippen molar-refractivity contribution in [1.82, 2.24) is 9.97 Å². The van der Waals surface area contributed by atoms with Gasteiger partial charge in [-0.1, -0.05) is 12.8 Å². The fourth-order valence-corrected chi connectivity index (χ4v) is 4.11. The Labute approximate surface area is 185 Å². The van der Waals surface area contributed by atoms with E-state index in [4.69, 9.17) is 0 Å². The number of carbonyl (C=O) groups excluding carboxylic acids is 2. The number of H-pyrrole nitrogens is 2. The lowest BCUT2D eigenvalue weighted by Gasteiger charge is -2.10. The number of carbonyl (C=O) groups is 2. The third kappa shape index (κ3) is 4.23. The van der Waals surface area contributed by atoms with Gasteiger partial charge in [-0.05, 0) is 61.4 Å². The molecule has 5 rings (SSSR count). The number of pyridine rings is 1. The van der Waals surface area contributed by atoms with Crippen molar-refractivity contribution in [2.45, 2.75) is 25.7 Å². The summed E-state index contributed by atoms with van der Waals surface area (Å²) in [5.74, 6) is 0.799. The van der Waals surface area contributed by atoms with Crippen LogP contribution in [0, 0.1) is 5.92 Å². The van der Waals surface area contributed by atoms with Crippen LogP contribution in [0.1, 0.15) is 36.0 Å². The molecule has 0 bridgehead atoms. The third-order valence-electron chi connectivity index (χ3n) is 5.86. The highest BCUT2D eigenvalue weighted by Gasteiger charge is 2.22. The van der Waals surface area contributed by atoms with E-state index in [1.807, 2.05) is 42.5 Å². The molecule has 1 saturated carbocycles. The zero-order valence-corrected chi connectivity index (χ0v) is 17.5. The smallest absolute Gasteiger partial charge is 0.261 e. The number of imidazole rings is 1. The van der Waals surface area contributed by atoms with E-state index in [0.29, 0.717) is 11.3 Å². The minimum Gasteiger partial charge on any atom is -0.338 e. The van der Waals surface area contributed by atoms with Crippen LogP contribution in [0.3, 0.4) is 0 Å². The van der Waals surface area contributed by atoms with Crippen molar-refractivity contribution in [3.8, 4) is 11.4 Å². The topological polar surface area (TPSA) is 101 Å². The standard InChI is InChI=1S/C25H23N5O2/c31-24(17-4-1-2-5-17)27-19-9-7-16(8-10-19)23-29-21-12-11-20(14-22(21)30-23)28-25(32)18-6-3-13-26-15-18/h3,6-15,17H,1-2,4-5H2,(H,27,31)(H,28,32)(H,29,30)/p+1. The summed E-state index contributed by atoms with van der Waals surface area (Å²) >= 11 is 0. The van der Waals surface area contributed by atoms with Crippen molar-refractivity contribution < 1.29 is 14.6 Å². The minimum atomic E-state index is -0.184. The van der Waals surface area contributed by atoms with Crippen LogP contribution < -0.4 is 15.6 Å². The van der Waals surface area contributed by atoms with Crippen molar-refractivity contribution >= 4 is 34.2 Å². The van der Waals surface area contributed by atoms with Crippen LogP contribution in [-0.4, -0.2) is 21.8 Å².